The monoisotopic (exact) mass is 478 g/mol. The number of aromatic nitrogens is 2. The maximum absolute atomic E-state index is 13.7. The molecule has 7 nitrogen and oxygen atoms in total. The lowest BCUT2D eigenvalue weighted by atomic mass is 9.97. The van der Waals surface area contributed by atoms with Crippen LogP contribution in [0, 0.1) is 0 Å². The van der Waals surface area contributed by atoms with Crippen molar-refractivity contribution in [1.82, 2.24) is 19.4 Å². The molecule has 8 heteroatoms. The minimum atomic E-state index is -0.253. The third-order valence-electron chi connectivity index (χ3n) is 7.05. The van der Waals surface area contributed by atoms with E-state index in [0.29, 0.717) is 30.6 Å². The molecule has 1 aliphatic carbocycles. The van der Waals surface area contributed by atoms with E-state index in [1.165, 1.54) is 21.8 Å². The summed E-state index contributed by atoms with van der Waals surface area (Å²) < 4.78 is 1.79. The fraction of sp³-hybridized carbons (Fsp3) is 0.462. The van der Waals surface area contributed by atoms with Gasteiger partial charge in [-0.2, -0.15) is 0 Å². The van der Waals surface area contributed by atoms with E-state index in [1.54, 1.807) is 40.2 Å². The number of amides is 2. The summed E-state index contributed by atoms with van der Waals surface area (Å²) in [5.74, 6) is 0.260. The highest BCUT2D eigenvalue weighted by Crippen LogP contribution is 2.34. The first-order chi connectivity index (χ1) is 16.5. The number of benzene rings is 1. The maximum atomic E-state index is 13.7. The predicted octanol–water partition coefficient (Wildman–Crippen LogP) is 3.86. The smallest absolute Gasteiger partial charge is 0.262 e. The van der Waals surface area contributed by atoms with Crippen molar-refractivity contribution in [2.24, 2.45) is 0 Å². The van der Waals surface area contributed by atoms with Gasteiger partial charge in [-0.1, -0.05) is 26.0 Å². The number of hydrogen-bond acceptors (Lipinski definition) is 6. The number of hydrogen-bond donors (Lipinski definition) is 0. The van der Waals surface area contributed by atoms with Crippen molar-refractivity contribution in [3.05, 3.63) is 62.0 Å². The minimum Gasteiger partial charge on any atom is -0.297 e. The van der Waals surface area contributed by atoms with Crippen molar-refractivity contribution in [1.29, 1.82) is 0 Å². The Morgan fingerprint density at radius 3 is 2.32 bits per heavy atom. The maximum Gasteiger partial charge on any atom is 0.262 e. The molecular weight excluding hydrogens is 448 g/mol. The Balaban J connectivity index is 1.44. The molecule has 0 bridgehead atoms. The Hall–Kier alpha value is -2.84. The topological polar surface area (TPSA) is 75.5 Å². The van der Waals surface area contributed by atoms with Crippen LogP contribution in [0.2, 0.25) is 0 Å². The standard InChI is InChI=1S/C26H30N4O3S/c1-3-28(4-2)16-21-27-23-22(19-12-7-8-13-20(19)34-23)26(33)29(21)14-9-15-30-24(31)17-10-5-6-11-18(17)25(30)32/h5-6,10-11H,3-4,7-9,12-16H2,1-2H3. The normalized spacial score (nSPS) is 15.4. The van der Waals surface area contributed by atoms with Crippen LogP contribution in [0.4, 0.5) is 0 Å². The lowest BCUT2D eigenvalue weighted by molar-refractivity contribution is 0.0650. The number of nitrogens with zero attached hydrogens (tertiary/aromatic N) is 4. The number of carbonyl (C=O) groups is 2. The molecule has 1 aromatic carbocycles. The molecule has 0 radical (unpaired) electrons. The molecule has 0 saturated heterocycles. The Kier molecular flexibility index (Phi) is 6.36. The van der Waals surface area contributed by atoms with Gasteiger partial charge >= 0.3 is 0 Å². The molecule has 0 spiro atoms. The zero-order valence-corrected chi connectivity index (χ0v) is 20.6. The van der Waals surface area contributed by atoms with Crippen LogP contribution in [0.25, 0.3) is 10.2 Å². The molecule has 1 aliphatic heterocycles. The number of aryl methyl sites for hydroxylation is 2. The van der Waals surface area contributed by atoms with Crippen LogP contribution in [-0.4, -0.2) is 50.8 Å². The summed E-state index contributed by atoms with van der Waals surface area (Å²) in [4.78, 5) is 49.9. The highest BCUT2D eigenvalue weighted by molar-refractivity contribution is 7.18. The second kappa shape index (κ2) is 9.43. The van der Waals surface area contributed by atoms with E-state index in [-0.39, 0.29) is 23.9 Å². The highest BCUT2D eigenvalue weighted by Gasteiger charge is 2.34. The first-order valence-electron chi connectivity index (χ1n) is 12.2. The molecule has 5 rings (SSSR count). The molecule has 2 aromatic heterocycles. The average molecular weight is 479 g/mol. The summed E-state index contributed by atoms with van der Waals surface area (Å²) in [6.07, 6.45) is 4.76. The quantitative estimate of drug-likeness (QED) is 0.460. The molecule has 0 fully saturated rings. The third-order valence-corrected chi connectivity index (χ3v) is 8.24. The number of carbonyl (C=O) groups excluding carboxylic acids is 2. The Morgan fingerprint density at radius 2 is 1.65 bits per heavy atom. The molecular formula is C26H30N4O3S. The van der Waals surface area contributed by atoms with Gasteiger partial charge in [0.15, 0.2) is 0 Å². The second-order valence-electron chi connectivity index (χ2n) is 9.00. The van der Waals surface area contributed by atoms with Crippen LogP contribution in [-0.2, 0) is 25.9 Å². The summed E-state index contributed by atoms with van der Waals surface area (Å²) in [5, 5.41) is 0.781. The zero-order valence-electron chi connectivity index (χ0n) is 19.8. The van der Waals surface area contributed by atoms with E-state index in [0.717, 1.165) is 48.4 Å². The second-order valence-corrected chi connectivity index (χ2v) is 10.1. The number of fused-ring (bicyclic) bond motifs is 4. The van der Waals surface area contributed by atoms with Gasteiger partial charge < -0.3 is 0 Å². The molecule has 0 saturated carbocycles. The summed E-state index contributed by atoms with van der Waals surface area (Å²) in [6.45, 7) is 7.28. The van der Waals surface area contributed by atoms with Gasteiger partial charge in [0, 0.05) is 18.0 Å². The van der Waals surface area contributed by atoms with Crippen LogP contribution in [0.1, 0.15) is 70.1 Å². The van der Waals surface area contributed by atoms with Gasteiger partial charge in [-0.05, 0) is 62.9 Å². The van der Waals surface area contributed by atoms with E-state index in [2.05, 4.69) is 18.7 Å². The highest BCUT2D eigenvalue weighted by atomic mass is 32.1. The molecule has 2 amide bonds. The summed E-state index contributed by atoms with van der Waals surface area (Å²) in [5.41, 5.74) is 2.13. The van der Waals surface area contributed by atoms with Crippen molar-refractivity contribution >= 4 is 33.4 Å². The van der Waals surface area contributed by atoms with Crippen molar-refractivity contribution < 1.29 is 9.59 Å². The lowest BCUT2D eigenvalue weighted by Gasteiger charge is -2.21. The fourth-order valence-electron chi connectivity index (χ4n) is 5.11. The Morgan fingerprint density at radius 1 is 0.971 bits per heavy atom. The van der Waals surface area contributed by atoms with E-state index in [1.807, 2.05) is 0 Å². The van der Waals surface area contributed by atoms with Gasteiger partial charge in [-0.15, -0.1) is 11.3 Å². The van der Waals surface area contributed by atoms with Crippen LogP contribution in [0.15, 0.2) is 29.1 Å². The molecule has 178 valence electrons. The largest absolute Gasteiger partial charge is 0.297 e. The Labute approximate surface area is 203 Å². The lowest BCUT2D eigenvalue weighted by Crippen LogP contribution is -2.34. The van der Waals surface area contributed by atoms with Crippen LogP contribution in [0.5, 0.6) is 0 Å². The van der Waals surface area contributed by atoms with Crippen LogP contribution >= 0.6 is 11.3 Å². The summed E-state index contributed by atoms with van der Waals surface area (Å²) in [6, 6.07) is 6.93. The minimum absolute atomic E-state index is 0.0221. The van der Waals surface area contributed by atoms with Gasteiger partial charge in [0.1, 0.15) is 10.7 Å². The van der Waals surface area contributed by atoms with E-state index >= 15 is 0 Å². The van der Waals surface area contributed by atoms with E-state index in [4.69, 9.17) is 4.98 Å². The van der Waals surface area contributed by atoms with Crippen LogP contribution < -0.4 is 5.56 Å². The van der Waals surface area contributed by atoms with Gasteiger partial charge in [0.05, 0.1) is 23.1 Å². The molecule has 34 heavy (non-hydrogen) atoms. The first kappa shape index (κ1) is 22.9. The summed E-state index contributed by atoms with van der Waals surface area (Å²) >= 11 is 1.68. The number of imide groups is 1. The number of rotatable bonds is 8. The number of thiophene rings is 1. The van der Waals surface area contributed by atoms with Gasteiger partial charge in [0.25, 0.3) is 17.4 Å². The van der Waals surface area contributed by atoms with Crippen molar-refractivity contribution in [2.75, 3.05) is 19.6 Å². The fourth-order valence-corrected chi connectivity index (χ4v) is 6.38. The molecule has 2 aliphatic rings. The molecule has 3 aromatic rings. The Bertz CT molecular complexity index is 1290. The van der Waals surface area contributed by atoms with Crippen molar-refractivity contribution in [3.8, 4) is 0 Å². The first-order valence-corrected chi connectivity index (χ1v) is 13.1. The van der Waals surface area contributed by atoms with Gasteiger partial charge in [-0.25, -0.2) is 4.98 Å². The SMILES string of the molecule is CCN(CC)Cc1nc2sc3c(c2c(=O)n1CCCN1C(=O)c2ccccc2C1=O)CCCC3. The molecule has 3 heterocycles. The third kappa shape index (κ3) is 3.88. The predicted molar refractivity (Wildman–Crippen MR) is 134 cm³/mol. The van der Waals surface area contributed by atoms with E-state index in [9.17, 15) is 14.4 Å². The molecule has 0 unspecified atom stereocenters. The summed E-state index contributed by atoms with van der Waals surface area (Å²) in [7, 11) is 0. The average Bonchev–Trinajstić information content (AvgIpc) is 3.34. The zero-order chi connectivity index (χ0) is 23.8. The van der Waals surface area contributed by atoms with Crippen molar-refractivity contribution in [2.45, 2.75) is 59.0 Å². The van der Waals surface area contributed by atoms with Gasteiger partial charge in [-0.3, -0.25) is 28.8 Å². The molecule has 0 N–H and O–H groups in total. The van der Waals surface area contributed by atoms with Gasteiger partial charge in [0.2, 0.25) is 0 Å². The van der Waals surface area contributed by atoms with Crippen molar-refractivity contribution in [3.63, 3.8) is 0 Å². The van der Waals surface area contributed by atoms with Crippen LogP contribution in [0.3, 0.4) is 0 Å². The molecule has 0 atom stereocenters. The van der Waals surface area contributed by atoms with E-state index < -0.39 is 0 Å².